The van der Waals surface area contributed by atoms with Gasteiger partial charge >= 0.3 is 0 Å². The molecule has 4 heterocycles. The summed E-state index contributed by atoms with van der Waals surface area (Å²) in [4.78, 5) is 20.7. The Balaban J connectivity index is 1.47. The summed E-state index contributed by atoms with van der Waals surface area (Å²) >= 11 is 5.03. The lowest BCUT2D eigenvalue weighted by atomic mass is 10.2. The Bertz CT molecular complexity index is 777. The molecule has 1 fully saturated rings. The van der Waals surface area contributed by atoms with E-state index in [1.807, 2.05) is 10.3 Å². The zero-order chi connectivity index (χ0) is 15.6. The van der Waals surface area contributed by atoms with Gasteiger partial charge in [0.1, 0.15) is 5.01 Å². The van der Waals surface area contributed by atoms with Crippen LogP contribution < -0.4 is 0 Å². The lowest BCUT2D eigenvalue weighted by Crippen LogP contribution is -2.31. The highest BCUT2D eigenvalue weighted by atomic mass is 32.1. The fourth-order valence-corrected chi connectivity index (χ4v) is 5.41. The van der Waals surface area contributed by atoms with Crippen LogP contribution in [-0.2, 0) is 11.2 Å². The summed E-state index contributed by atoms with van der Waals surface area (Å²) in [7, 11) is 0. The number of carbonyl (C=O) groups is 1. The van der Waals surface area contributed by atoms with Gasteiger partial charge in [-0.05, 0) is 35.7 Å². The van der Waals surface area contributed by atoms with Crippen molar-refractivity contribution in [3.05, 3.63) is 50.3 Å². The Morgan fingerprint density at radius 3 is 3.00 bits per heavy atom. The van der Waals surface area contributed by atoms with Crippen LogP contribution in [0.1, 0.15) is 29.5 Å². The van der Waals surface area contributed by atoms with Crippen LogP contribution >= 0.6 is 34.0 Å². The second-order valence-corrected chi connectivity index (χ2v) is 8.21. The van der Waals surface area contributed by atoms with Gasteiger partial charge in [-0.2, -0.15) is 11.3 Å². The van der Waals surface area contributed by atoms with E-state index in [4.69, 9.17) is 0 Å². The van der Waals surface area contributed by atoms with Gasteiger partial charge in [0.25, 0.3) is 0 Å². The molecule has 3 nitrogen and oxygen atoms in total. The fraction of sp³-hybridized carbons (Fsp3) is 0.294. The molecule has 4 rings (SSSR count). The van der Waals surface area contributed by atoms with E-state index in [9.17, 15) is 4.79 Å². The van der Waals surface area contributed by atoms with Gasteiger partial charge in [0, 0.05) is 27.7 Å². The molecule has 0 bridgehead atoms. The lowest BCUT2D eigenvalue weighted by Gasteiger charge is -2.23. The maximum absolute atomic E-state index is 12.7. The molecule has 0 aliphatic carbocycles. The van der Waals surface area contributed by atoms with Crippen LogP contribution in [0, 0.1) is 0 Å². The van der Waals surface area contributed by atoms with E-state index in [1.54, 1.807) is 34.0 Å². The van der Waals surface area contributed by atoms with Crippen LogP contribution in [0.2, 0.25) is 0 Å². The van der Waals surface area contributed by atoms with Gasteiger partial charge < -0.3 is 4.90 Å². The van der Waals surface area contributed by atoms with E-state index in [-0.39, 0.29) is 11.9 Å². The molecule has 0 unspecified atom stereocenters. The number of thiazole rings is 1. The zero-order valence-corrected chi connectivity index (χ0v) is 14.9. The van der Waals surface area contributed by atoms with Crippen molar-refractivity contribution in [3.63, 3.8) is 0 Å². The highest BCUT2D eigenvalue weighted by Crippen LogP contribution is 2.35. The summed E-state index contributed by atoms with van der Waals surface area (Å²) in [6.07, 6.45) is 2.57. The van der Waals surface area contributed by atoms with Crippen molar-refractivity contribution in [3.8, 4) is 10.6 Å². The maximum Gasteiger partial charge on any atom is 0.229 e. The molecular formula is C17H16N2OS3. The molecule has 0 aromatic carbocycles. The Kier molecular flexibility index (Phi) is 4.29. The van der Waals surface area contributed by atoms with Crippen LogP contribution in [0.15, 0.2) is 39.7 Å². The molecule has 1 saturated heterocycles. The number of amides is 1. The van der Waals surface area contributed by atoms with Crippen LogP contribution in [-0.4, -0.2) is 22.3 Å². The molecule has 1 atom stereocenters. The van der Waals surface area contributed by atoms with Crippen molar-refractivity contribution in [2.45, 2.75) is 25.3 Å². The summed E-state index contributed by atoms with van der Waals surface area (Å²) in [6, 6.07) is 6.53. The molecule has 1 aliphatic heterocycles. The first-order chi connectivity index (χ1) is 11.3. The first kappa shape index (κ1) is 15.1. The minimum atomic E-state index is 0.197. The molecule has 0 N–H and O–H groups in total. The first-order valence-corrected chi connectivity index (χ1v) is 10.3. The SMILES string of the molecule is O=C(Cc1csc(-c2ccsc2)n1)N1CCC[C@@H]1c1cccs1. The van der Waals surface area contributed by atoms with Crippen LogP contribution in [0.4, 0.5) is 0 Å². The number of hydrogen-bond donors (Lipinski definition) is 0. The molecule has 0 saturated carbocycles. The van der Waals surface area contributed by atoms with Crippen molar-refractivity contribution in [1.29, 1.82) is 0 Å². The zero-order valence-electron chi connectivity index (χ0n) is 12.5. The molecular weight excluding hydrogens is 344 g/mol. The number of thiophene rings is 2. The van der Waals surface area contributed by atoms with Crippen LogP contribution in [0.25, 0.3) is 10.6 Å². The van der Waals surface area contributed by atoms with E-state index in [1.165, 1.54) is 4.88 Å². The van der Waals surface area contributed by atoms with Gasteiger partial charge in [-0.15, -0.1) is 22.7 Å². The van der Waals surface area contributed by atoms with E-state index in [0.29, 0.717) is 6.42 Å². The molecule has 3 aromatic heterocycles. The van der Waals surface area contributed by atoms with Crippen LogP contribution in [0.3, 0.4) is 0 Å². The highest BCUT2D eigenvalue weighted by Gasteiger charge is 2.30. The van der Waals surface area contributed by atoms with Crippen molar-refractivity contribution in [1.82, 2.24) is 9.88 Å². The summed E-state index contributed by atoms with van der Waals surface area (Å²) < 4.78 is 0. The second-order valence-electron chi connectivity index (χ2n) is 5.59. The standard InChI is InChI=1S/C17H16N2OS3/c20-16(19-6-1-3-14(19)15-4-2-7-22-15)9-13-11-23-17(18-13)12-5-8-21-10-12/h2,4-5,7-8,10-11,14H,1,3,6,9H2/t14-/m1/s1. The minimum absolute atomic E-state index is 0.197. The third-order valence-corrected chi connectivity index (χ3v) is 6.69. The third kappa shape index (κ3) is 3.11. The number of nitrogens with zero attached hydrogens (tertiary/aromatic N) is 2. The normalized spacial score (nSPS) is 17.7. The molecule has 1 amide bonds. The molecule has 23 heavy (non-hydrogen) atoms. The number of likely N-dealkylation sites (tertiary alicyclic amines) is 1. The maximum atomic E-state index is 12.7. The van der Waals surface area contributed by atoms with E-state index >= 15 is 0 Å². The van der Waals surface area contributed by atoms with Crippen molar-refractivity contribution >= 4 is 39.9 Å². The number of rotatable bonds is 4. The lowest BCUT2D eigenvalue weighted by molar-refractivity contribution is -0.131. The topological polar surface area (TPSA) is 33.2 Å². The van der Waals surface area contributed by atoms with Crippen LogP contribution in [0.5, 0.6) is 0 Å². The highest BCUT2D eigenvalue weighted by molar-refractivity contribution is 7.14. The molecule has 3 aromatic rings. The Morgan fingerprint density at radius 2 is 2.22 bits per heavy atom. The van der Waals surface area contributed by atoms with Crippen molar-refractivity contribution in [2.24, 2.45) is 0 Å². The predicted octanol–water partition coefficient (Wildman–Crippen LogP) is 4.84. The smallest absolute Gasteiger partial charge is 0.229 e. The predicted molar refractivity (Wildman–Crippen MR) is 97.1 cm³/mol. The third-order valence-electron chi connectivity index (χ3n) is 4.10. The van der Waals surface area contributed by atoms with Gasteiger partial charge in [0.05, 0.1) is 18.2 Å². The number of carbonyl (C=O) groups excluding carboxylic acids is 1. The van der Waals surface area contributed by atoms with Gasteiger partial charge in [-0.1, -0.05) is 6.07 Å². The number of hydrogen-bond acceptors (Lipinski definition) is 5. The quantitative estimate of drug-likeness (QED) is 0.667. The van der Waals surface area contributed by atoms with E-state index < -0.39 is 0 Å². The largest absolute Gasteiger partial charge is 0.335 e. The average molecular weight is 361 g/mol. The average Bonchev–Trinajstić information content (AvgIpc) is 3.30. The molecule has 0 spiro atoms. The Hall–Kier alpha value is -1.50. The second kappa shape index (κ2) is 6.55. The fourth-order valence-electron chi connectivity index (χ4n) is 3.01. The minimum Gasteiger partial charge on any atom is -0.335 e. The van der Waals surface area contributed by atoms with Crippen molar-refractivity contribution < 1.29 is 4.79 Å². The van der Waals surface area contributed by atoms with E-state index in [0.717, 1.165) is 35.7 Å². The van der Waals surface area contributed by atoms with E-state index in [2.05, 4.69) is 39.3 Å². The van der Waals surface area contributed by atoms with Gasteiger partial charge in [-0.25, -0.2) is 4.98 Å². The van der Waals surface area contributed by atoms with Gasteiger partial charge in [0.15, 0.2) is 0 Å². The van der Waals surface area contributed by atoms with Gasteiger partial charge in [0.2, 0.25) is 5.91 Å². The summed E-state index contributed by atoms with van der Waals surface area (Å²) in [6.45, 7) is 0.864. The summed E-state index contributed by atoms with van der Waals surface area (Å²) in [5.41, 5.74) is 2.04. The number of aromatic nitrogens is 1. The molecule has 6 heteroatoms. The summed E-state index contributed by atoms with van der Waals surface area (Å²) in [5, 5.41) is 9.26. The van der Waals surface area contributed by atoms with Crippen molar-refractivity contribution in [2.75, 3.05) is 6.54 Å². The molecule has 118 valence electrons. The van der Waals surface area contributed by atoms with Gasteiger partial charge in [-0.3, -0.25) is 4.79 Å². The molecule has 0 radical (unpaired) electrons. The Morgan fingerprint density at radius 1 is 1.26 bits per heavy atom. The Labute approximate surface area is 147 Å². The first-order valence-electron chi connectivity index (χ1n) is 7.61. The molecule has 1 aliphatic rings. The monoisotopic (exact) mass is 360 g/mol. The summed E-state index contributed by atoms with van der Waals surface area (Å²) in [5.74, 6) is 0.197.